The molecule has 3 aromatic rings. The first-order valence-corrected chi connectivity index (χ1v) is 10.1. The number of hydrogen-bond donors (Lipinski definition) is 3. The lowest BCUT2D eigenvalue weighted by Gasteiger charge is -2.27. The maximum atomic E-state index is 12.3. The summed E-state index contributed by atoms with van der Waals surface area (Å²) in [6.45, 7) is 4.07. The number of rotatable bonds is 3. The fraction of sp³-hybridized carbons (Fsp3) is 0.182. The number of nitrogens with zero attached hydrogens (tertiary/aromatic N) is 1. The van der Waals surface area contributed by atoms with E-state index in [1.807, 2.05) is 62.4 Å². The molecule has 5 nitrogen and oxygen atoms in total. The number of aryl methyl sites for hydroxylation is 2. The first-order valence-electron chi connectivity index (χ1n) is 9.20. The van der Waals surface area contributed by atoms with E-state index in [-0.39, 0.29) is 12.1 Å². The normalized spacial score (nSPS) is 16.9. The Morgan fingerprint density at radius 1 is 1.11 bits per heavy atom. The van der Waals surface area contributed by atoms with Crippen molar-refractivity contribution < 1.29 is 4.79 Å². The molecule has 1 aliphatic heterocycles. The van der Waals surface area contributed by atoms with Gasteiger partial charge in [-0.3, -0.25) is 0 Å². The molecule has 0 aliphatic carbocycles. The van der Waals surface area contributed by atoms with Crippen LogP contribution in [0.25, 0.3) is 0 Å². The van der Waals surface area contributed by atoms with Crippen molar-refractivity contribution in [2.75, 3.05) is 10.6 Å². The number of carbonyl (C=O) groups is 1. The summed E-state index contributed by atoms with van der Waals surface area (Å²) >= 11 is 1.72. The van der Waals surface area contributed by atoms with Crippen molar-refractivity contribution >= 4 is 34.5 Å². The van der Waals surface area contributed by atoms with E-state index in [4.69, 9.17) is 0 Å². The summed E-state index contributed by atoms with van der Waals surface area (Å²) in [5, 5.41) is 12.9. The number of urea groups is 1. The Hall–Kier alpha value is -3.12. The first kappa shape index (κ1) is 18.3. The Bertz CT molecular complexity index is 1030. The maximum Gasteiger partial charge on any atom is 0.339 e. The zero-order valence-electron chi connectivity index (χ0n) is 15.8. The van der Waals surface area contributed by atoms with E-state index in [0.29, 0.717) is 6.42 Å². The predicted molar refractivity (Wildman–Crippen MR) is 116 cm³/mol. The van der Waals surface area contributed by atoms with Gasteiger partial charge in [-0.25, -0.2) is 10.2 Å². The summed E-state index contributed by atoms with van der Waals surface area (Å²) in [6, 6.07) is 17.9. The molecule has 28 heavy (non-hydrogen) atoms. The number of benzene rings is 2. The first-order chi connectivity index (χ1) is 13.6. The summed E-state index contributed by atoms with van der Waals surface area (Å²) in [5.74, 6) is 0. The highest BCUT2D eigenvalue weighted by atomic mass is 32.1. The van der Waals surface area contributed by atoms with Crippen molar-refractivity contribution in [2.24, 2.45) is 5.10 Å². The molecule has 0 saturated carbocycles. The molecule has 2 aromatic carbocycles. The van der Waals surface area contributed by atoms with Gasteiger partial charge in [0.05, 0.1) is 11.8 Å². The van der Waals surface area contributed by atoms with Gasteiger partial charge in [0.2, 0.25) is 0 Å². The third kappa shape index (κ3) is 3.92. The molecule has 142 valence electrons. The van der Waals surface area contributed by atoms with Crippen LogP contribution in [0.3, 0.4) is 0 Å². The highest BCUT2D eigenvalue weighted by Crippen LogP contribution is 2.34. The van der Waals surface area contributed by atoms with Crippen molar-refractivity contribution in [3.8, 4) is 0 Å². The van der Waals surface area contributed by atoms with Crippen LogP contribution in [-0.4, -0.2) is 11.7 Å². The number of para-hydroxylation sites is 1. The third-order valence-corrected chi connectivity index (χ3v) is 5.89. The number of thiophene rings is 1. The number of hydrogen-bond acceptors (Lipinski definition) is 4. The van der Waals surface area contributed by atoms with Crippen LogP contribution < -0.4 is 16.1 Å². The van der Waals surface area contributed by atoms with Gasteiger partial charge in [-0.1, -0.05) is 30.3 Å². The topological polar surface area (TPSA) is 65.5 Å². The zero-order valence-corrected chi connectivity index (χ0v) is 16.6. The predicted octanol–water partition coefficient (Wildman–Crippen LogP) is 5.45. The second-order valence-electron chi connectivity index (χ2n) is 6.89. The van der Waals surface area contributed by atoms with E-state index >= 15 is 0 Å². The van der Waals surface area contributed by atoms with Crippen molar-refractivity contribution in [1.29, 1.82) is 0 Å². The number of amides is 2. The largest absolute Gasteiger partial charge is 0.376 e. The van der Waals surface area contributed by atoms with Crippen LogP contribution in [0.4, 0.5) is 16.2 Å². The number of carbonyl (C=O) groups excluding carboxylic acids is 1. The Labute approximate surface area is 168 Å². The van der Waals surface area contributed by atoms with Crippen molar-refractivity contribution in [2.45, 2.75) is 26.3 Å². The lowest BCUT2D eigenvalue weighted by molar-refractivity contribution is 0.252. The summed E-state index contributed by atoms with van der Waals surface area (Å²) in [4.78, 5) is 13.6. The van der Waals surface area contributed by atoms with Crippen LogP contribution in [0, 0.1) is 13.8 Å². The van der Waals surface area contributed by atoms with Crippen LogP contribution in [0.15, 0.2) is 65.1 Å². The summed E-state index contributed by atoms with van der Waals surface area (Å²) in [6.07, 6.45) is 0.710. The molecule has 1 aliphatic rings. The smallest absolute Gasteiger partial charge is 0.339 e. The summed E-state index contributed by atoms with van der Waals surface area (Å²) in [7, 11) is 0. The molecule has 1 atom stereocenters. The minimum absolute atomic E-state index is 0.151. The highest BCUT2D eigenvalue weighted by Gasteiger charge is 2.24. The molecule has 0 spiro atoms. The fourth-order valence-corrected chi connectivity index (χ4v) is 4.04. The lowest BCUT2D eigenvalue weighted by atomic mass is 9.95. The van der Waals surface area contributed by atoms with Crippen LogP contribution in [0.1, 0.15) is 34.0 Å². The van der Waals surface area contributed by atoms with E-state index in [9.17, 15) is 4.79 Å². The third-order valence-electron chi connectivity index (χ3n) is 4.91. The van der Waals surface area contributed by atoms with E-state index in [1.165, 1.54) is 10.4 Å². The zero-order chi connectivity index (χ0) is 19.5. The molecule has 0 fully saturated rings. The summed E-state index contributed by atoms with van der Waals surface area (Å²) < 4.78 is 0. The standard InChI is InChI=1S/C22H22N4OS/c1-14-9-10-16(12-15(14)2)23-22(27)26-25-19-13-20(21-8-5-11-28-21)24-18-7-4-3-6-17(18)19/h3-12,20,24H,13H2,1-2H3,(H2,23,26,27). The molecule has 0 bridgehead atoms. The van der Waals surface area contributed by atoms with Gasteiger partial charge in [-0.15, -0.1) is 11.3 Å². The Kier molecular flexibility index (Phi) is 5.12. The lowest BCUT2D eigenvalue weighted by Crippen LogP contribution is -2.29. The van der Waals surface area contributed by atoms with Gasteiger partial charge in [0.25, 0.3) is 0 Å². The number of anilines is 2. The Morgan fingerprint density at radius 2 is 1.96 bits per heavy atom. The monoisotopic (exact) mass is 390 g/mol. The molecule has 0 radical (unpaired) electrons. The number of fused-ring (bicyclic) bond motifs is 1. The van der Waals surface area contributed by atoms with Crippen molar-refractivity contribution in [3.05, 3.63) is 81.5 Å². The minimum atomic E-state index is -0.348. The average Bonchev–Trinajstić information content (AvgIpc) is 3.24. The van der Waals surface area contributed by atoms with Gasteiger partial charge in [0.1, 0.15) is 0 Å². The molecule has 2 heterocycles. The number of hydrazone groups is 1. The second-order valence-corrected chi connectivity index (χ2v) is 7.86. The maximum absolute atomic E-state index is 12.3. The van der Waals surface area contributed by atoms with E-state index < -0.39 is 0 Å². The van der Waals surface area contributed by atoms with Crippen LogP contribution in [0.5, 0.6) is 0 Å². The second kappa shape index (κ2) is 7.86. The van der Waals surface area contributed by atoms with Crippen LogP contribution >= 0.6 is 11.3 Å². The van der Waals surface area contributed by atoms with E-state index in [2.05, 4.69) is 32.6 Å². The van der Waals surface area contributed by atoms with Crippen molar-refractivity contribution in [3.63, 3.8) is 0 Å². The molecule has 4 rings (SSSR count). The van der Waals surface area contributed by atoms with Gasteiger partial charge in [0.15, 0.2) is 0 Å². The molecule has 3 N–H and O–H groups in total. The molecule has 0 saturated heterocycles. The van der Waals surface area contributed by atoms with Gasteiger partial charge in [0, 0.05) is 28.2 Å². The molecular weight excluding hydrogens is 368 g/mol. The SMILES string of the molecule is Cc1ccc(NC(=O)NN=C2CC(c3cccs3)Nc3ccccc32)cc1C. The summed E-state index contributed by atoms with van der Waals surface area (Å²) in [5.41, 5.74) is 8.64. The van der Waals surface area contributed by atoms with E-state index in [0.717, 1.165) is 28.2 Å². The van der Waals surface area contributed by atoms with E-state index in [1.54, 1.807) is 11.3 Å². The highest BCUT2D eigenvalue weighted by molar-refractivity contribution is 7.10. The molecular formula is C22H22N4OS. The molecule has 6 heteroatoms. The van der Waals surface area contributed by atoms with Gasteiger partial charge < -0.3 is 10.6 Å². The molecule has 1 aromatic heterocycles. The molecule has 2 amide bonds. The number of nitrogens with one attached hydrogen (secondary N) is 3. The van der Waals surface area contributed by atoms with Crippen LogP contribution in [-0.2, 0) is 0 Å². The molecule has 1 unspecified atom stereocenters. The quantitative estimate of drug-likeness (QED) is 0.521. The van der Waals surface area contributed by atoms with Gasteiger partial charge in [-0.2, -0.15) is 5.10 Å². The minimum Gasteiger partial charge on any atom is -0.376 e. The van der Waals surface area contributed by atoms with Gasteiger partial charge >= 0.3 is 6.03 Å². The van der Waals surface area contributed by atoms with Gasteiger partial charge in [-0.05, 0) is 54.6 Å². The fourth-order valence-electron chi connectivity index (χ4n) is 3.27. The van der Waals surface area contributed by atoms with Crippen LogP contribution in [0.2, 0.25) is 0 Å². The average molecular weight is 391 g/mol. The van der Waals surface area contributed by atoms with Crippen molar-refractivity contribution in [1.82, 2.24) is 5.43 Å². The Balaban J connectivity index is 1.52. The Morgan fingerprint density at radius 3 is 2.75 bits per heavy atom.